The summed E-state index contributed by atoms with van der Waals surface area (Å²) in [6.45, 7) is 0. The van der Waals surface area contributed by atoms with Crippen LogP contribution in [0.1, 0.15) is 4.88 Å². The highest BCUT2D eigenvalue weighted by atomic mass is 35.5. The van der Waals surface area contributed by atoms with E-state index in [-0.39, 0.29) is 0 Å². The van der Waals surface area contributed by atoms with Gasteiger partial charge in [-0.1, -0.05) is 11.6 Å². The second-order valence-corrected chi connectivity index (χ2v) is 3.82. The standard InChI is InChI=1S/C8H5ClN2OS/c9-7-3-1-6(13-7)2-4-8(12)11-5-10/h1-4H,(H,11,12). The van der Waals surface area contributed by atoms with Crippen LogP contribution in [0, 0.1) is 11.5 Å². The van der Waals surface area contributed by atoms with Crippen LogP contribution >= 0.6 is 22.9 Å². The molecular weight excluding hydrogens is 208 g/mol. The van der Waals surface area contributed by atoms with Crippen LogP contribution in [0.25, 0.3) is 6.08 Å². The summed E-state index contributed by atoms with van der Waals surface area (Å²) in [5.41, 5.74) is 0. The molecule has 0 saturated heterocycles. The van der Waals surface area contributed by atoms with Gasteiger partial charge in [0.25, 0.3) is 5.91 Å². The molecule has 0 atom stereocenters. The number of hydrogen-bond acceptors (Lipinski definition) is 3. The Bertz CT molecular complexity index is 378. The summed E-state index contributed by atoms with van der Waals surface area (Å²) in [6, 6.07) is 3.54. The van der Waals surface area contributed by atoms with Crippen LogP contribution in [0.3, 0.4) is 0 Å². The van der Waals surface area contributed by atoms with Gasteiger partial charge in [-0.05, 0) is 18.2 Å². The van der Waals surface area contributed by atoms with Gasteiger partial charge in [0.15, 0.2) is 6.19 Å². The summed E-state index contributed by atoms with van der Waals surface area (Å²) >= 11 is 7.03. The second kappa shape index (κ2) is 4.65. The van der Waals surface area contributed by atoms with Crippen molar-refractivity contribution in [2.75, 3.05) is 0 Å². The zero-order chi connectivity index (χ0) is 9.68. The van der Waals surface area contributed by atoms with Crippen LogP contribution in [0.2, 0.25) is 4.34 Å². The van der Waals surface area contributed by atoms with Crippen LogP contribution < -0.4 is 5.32 Å². The monoisotopic (exact) mass is 212 g/mol. The Labute approximate surface area is 84.2 Å². The smallest absolute Gasteiger partial charge is 0.257 e. The summed E-state index contributed by atoms with van der Waals surface area (Å²) in [4.78, 5) is 11.6. The molecule has 0 aliphatic rings. The Morgan fingerprint density at radius 1 is 1.69 bits per heavy atom. The van der Waals surface area contributed by atoms with Gasteiger partial charge in [0.05, 0.1) is 4.34 Å². The van der Waals surface area contributed by atoms with Gasteiger partial charge in [0.2, 0.25) is 0 Å². The van der Waals surface area contributed by atoms with E-state index in [0.29, 0.717) is 4.34 Å². The highest BCUT2D eigenvalue weighted by Gasteiger charge is 1.95. The SMILES string of the molecule is N#CNC(=O)C=Cc1ccc(Cl)s1. The van der Waals surface area contributed by atoms with Gasteiger partial charge in [-0.2, -0.15) is 5.26 Å². The van der Waals surface area contributed by atoms with Crippen molar-refractivity contribution in [3.05, 3.63) is 27.4 Å². The van der Waals surface area contributed by atoms with Crippen molar-refractivity contribution < 1.29 is 4.79 Å². The average Bonchev–Trinajstić information content (AvgIpc) is 2.49. The Morgan fingerprint density at radius 3 is 3.00 bits per heavy atom. The number of halogens is 1. The number of carbonyl (C=O) groups excluding carboxylic acids is 1. The Kier molecular flexibility index (Phi) is 3.50. The molecule has 1 aromatic heterocycles. The van der Waals surface area contributed by atoms with E-state index in [1.54, 1.807) is 18.2 Å². The van der Waals surface area contributed by atoms with Crippen LogP contribution in [-0.4, -0.2) is 5.91 Å². The lowest BCUT2D eigenvalue weighted by Gasteiger charge is -1.85. The molecule has 1 heterocycles. The van der Waals surface area contributed by atoms with Crippen LogP contribution in [0.15, 0.2) is 18.2 Å². The van der Waals surface area contributed by atoms with Gasteiger partial charge in [0, 0.05) is 11.0 Å². The fourth-order valence-electron chi connectivity index (χ4n) is 0.672. The Hall–Kier alpha value is -1.31. The molecule has 13 heavy (non-hydrogen) atoms. The van der Waals surface area contributed by atoms with Gasteiger partial charge < -0.3 is 0 Å². The van der Waals surface area contributed by atoms with Crippen molar-refractivity contribution in [3.63, 3.8) is 0 Å². The van der Waals surface area contributed by atoms with E-state index >= 15 is 0 Å². The topological polar surface area (TPSA) is 52.9 Å². The van der Waals surface area contributed by atoms with Crippen LogP contribution in [0.4, 0.5) is 0 Å². The highest BCUT2D eigenvalue weighted by molar-refractivity contribution is 7.17. The van der Waals surface area contributed by atoms with Gasteiger partial charge >= 0.3 is 0 Å². The summed E-state index contributed by atoms with van der Waals surface area (Å²) in [5, 5.41) is 10.1. The quantitative estimate of drug-likeness (QED) is 0.463. The number of carbonyl (C=O) groups is 1. The van der Waals surface area contributed by atoms with Gasteiger partial charge in [-0.15, -0.1) is 11.3 Å². The van der Waals surface area contributed by atoms with E-state index in [4.69, 9.17) is 16.9 Å². The van der Waals surface area contributed by atoms with Crippen molar-refractivity contribution in [2.24, 2.45) is 0 Å². The minimum atomic E-state index is -0.438. The first-order valence-electron chi connectivity index (χ1n) is 3.35. The maximum Gasteiger partial charge on any atom is 0.257 e. The normalized spacial score (nSPS) is 9.85. The molecule has 0 bridgehead atoms. The van der Waals surface area contributed by atoms with Crippen molar-refractivity contribution in [1.29, 1.82) is 5.26 Å². The maximum atomic E-state index is 10.8. The summed E-state index contributed by atoms with van der Waals surface area (Å²) in [5.74, 6) is -0.438. The molecule has 3 nitrogen and oxygen atoms in total. The zero-order valence-electron chi connectivity index (χ0n) is 6.45. The van der Waals surface area contributed by atoms with Crippen LogP contribution in [-0.2, 0) is 4.79 Å². The molecule has 0 spiro atoms. The number of amides is 1. The third kappa shape index (κ3) is 3.28. The fraction of sp³-hybridized carbons (Fsp3) is 0. The molecule has 0 aromatic carbocycles. The summed E-state index contributed by atoms with van der Waals surface area (Å²) < 4.78 is 0.667. The highest BCUT2D eigenvalue weighted by Crippen LogP contribution is 2.22. The number of hydrogen-bond donors (Lipinski definition) is 1. The molecule has 1 aromatic rings. The van der Waals surface area contributed by atoms with Crippen LogP contribution in [0.5, 0.6) is 0 Å². The average molecular weight is 213 g/mol. The van der Waals surface area contributed by atoms with Gasteiger partial charge in [0.1, 0.15) is 0 Å². The van der Waals surface area contributed by atoms with Crippen molar-refractivity contribution in [3.8, 4) is 6.19 Å². The van der Waals surface area contributed by atoms with E-state index < -0.39 is 5.91 Å². The van der Waals surface area contributed by atoms with Gasteiger partial charge in [-0.25, -0.2) is 0 Å². The van der Waals surface area contributed by atoms with E-state index in [9.17, 15) is 4.79 Å². The first-order chi connectivity index (χ1) is 6.22. The fourth-order valence-corrected chi connectivity index (χ4v) is 1.64. The predicted molar refractivity (Wildman–Crippen MR) is 52.1 cm³/mol. The second-order valence-electron chi connectivity index (χ2n) is 2.08. The maximum absolute atomic E-state index is 10.8. The molecule has 1 N–H and O–H groups in total. The number of nitrogens with one attached hydrogen (secondary N) is 1. The molecule has 0 radical (unpaired) electrons. The first-order valence-corrected chi connectivity index (χ1v) is 4.54. The van der Waals surface area contributed by atoms with E-state index in [1.165, 1.54) is 23.6 Å². The number of thiophene rings is 1. The molecule has 5 heteroatoms. The molecule has 0 fully saturated rings. The van der Waals surface area contributed by atoms with Gasteiger partial charge in [-0.3, -0.25) is 10.1 Å². The van der Waals surface area contributed by atoms with Crippen molar-refractivity contribution in [2.45, 2.75) is 0 Å². The first kappa shape index (κ1) is 9.78. The number of nitrogens with zero attached hydrogens (tertiary/aromatic N) is 1. The minimum Gasteiger partial charge on any atom is -0.269 e. The van der Waals surface area contributed by atoms with E-state index in [0.717, 1.165) is 4.88 Å². The molecule has 1 rings (SSSR count). The van der Waals surface area contributed by atoms with E-state index in [2.05, 4.69) is 0 Å². The Morgan fingerprint density at radius 2 is 2.46 bits per heavy atom. The zero-order valence-corrected chi connectivity index (χ0v) is 8.02. The van der Waals surface area contributed by atoms with Crippen molar-refractivity contribution >= 4 is 34.9 Å². The third-order valence-corrected chi connectivity index (χ3v) is 2.37. The minimum absolute atomic E-state index is 0.438. The molecule has 0 saturated carbocycles. The molecule has 0 aliphatic heterocycles. The molecule has 0 aliphatic carbocycles. The lowest BCUT2D eigenvalue weighted by Crippen LogP contribution is -2.13. The molecular formula is C8H5ClN2OS. The predicted octanol–water partition coefficient (Wildman–Crippen LogP) is 2.01. The molecule has 66 valence electrons. The number of rotatable bonds is 2. The number of nitriles is 1. The lowest BCUT2D eigenvalue weighted by atomic mass is 10.4. The van der Waals surface area contributed by atoms with Crippen molar-refractivity contribution in [1.82, 2.24) is 5.32 Å². The third-order valence-electron chi connectivity index (χ3n) is 1.17. The molecule has 1 amide bonds. The summed E-state index contributed by atoms with van der Waals surface area (Å²) in [6.07, 6.45) is 4.42. The largest absolute Gasteiger partial charge is 0.269 e. The Balaban J connectivity index is 2.59. The summed E-state index contributed by atoms with van der Waals surface area (Å²) in [7, 11) is 0. The molecule has 0 unspecified atom stereocenters. The lowest BCUT2D eigenvalue weighted by molar-refractivity contribution is -0.115. The van der Waals surface area contributed by atoms with E-state index in [1.807, 2.05) is 5.32 Å².